The van der Waals surface area contributed by atoms with E-state index in [0.717, 1.165) is 25.7 Å². The van der Waals surface area contributed by atoms with Gasteiger partial charge in [0.1, 0.15) is 0 Å². The van der Waals surface area contributed by atoms with Crippen molar-refractivity contribution in [2.24, 2.45) is 5.92 Å². The molecule has 0 bridgehead atoms. The molecule has 1 saturated heterocycles. The van der Waals surface area contributed by atoms with E-state index >= 15 is 8.78 Å². The molecule has 3 aromatic carbocycles. The maximum Gasteiger partial charge on any atom is 0.201 e. The summed E-state index contributed by atoms with van der Waals surface area (Å²) in [6, 6.07) is 11.9. The standard InChI is InChI=1S/C31H32F4O3/c1-3-5-7-8-20-18-37-31(38-19-20)25-14-13-23(27(32)29(25)34)21-9-11-22(12-10-21)24-15-16-26(30(35)28(24)33)36-17-6-4-2/h3,5,9-16,20,31H,4,6-8,17-19H2,1-2H3. The number of hydrogen-bond donors (Lipinski definition) is 0. The number of hydrogen-bond acceptors (Lipinski definition) is 3. The topological polar surface area (TPSA) is 27.7 Å². The summed E-state index contributed by atoms with van der Waals surface area (Å²) < 4.78 is 76.0. The fourth-order valence-corrected chi connectivity index (χ4v) is 4.38. The van der Waals surface area contributed by atoms with E-state index in [9.17, 15) is 8.78 Å². The Morgan fingerprint density at radius 1 is 0.816 bits per heavy atom. The van der Waals surface area contributed by atoms with Gasteiger partial charge in [-0.2, -0.15) is 4.39 Å². The molecule has 1 aliphatic heterocycles. The first-order chi connectivity index (χ1) is 18.4. The van der Waals surface area contributed by atoms with E-state index in [1.54, 1.807) is 12.1 Å². The molecule has 38 heavy (non-hydrogen) atoms. The second kappa shape index (κ2) is 13.1. The molecule has 202 valence electrons. The van der Waals surface area contributed by atoms with E-state index < -0.39 is 29.6 Å². The smallest absolute Gasteiger partial charge is 0.201 e. The number of ether oxygens (including phenoxy) is 3. The first-order valence-electron chi connectivity index (χ1n) is 13.0. The van der Waals surface area contributed by atoms with Crippen molar-refractivity contribution in [3.05, 3.63) is 89.5 Å². The Bertz CT molecular complexity index is 1250. The molecule has 0 N–H and O–H groups in total. The molecule has 0 unspecified atom stereocenters. The van der Waals surface area contributed by atoms with E-state index in [-0.39, 0.29) is 28.4 Å². The van der Waals surface area contributed by atoms with Crippen LogP contribution in [0.4, 0.5) is 17.6 Å². The highest BCUT2D eigenvalue weighted by molar-refractivity contribution is 5.71. The van der Waals surface area contributed by atoms with Gasteiger partial charge in [-0.1, -0.05) is 61.9 Å². The number of benzene rings is 3. The average molecular weight is 529 g/mol. The Hall–Kier alpha value is -3.16. The second-order valence-electron chi connectivity index (χ2n) is 9.36. The van der Waals surface area contributed by atoms with E-state index in [0.29, 0.717) is 30.9 Å². The third kappa shape index (κ3) is 6.27. The molecule has 3 aromatic rings. The molecule has 1 aliphatic rings. The molecule has 0 saturated carbocycles. The molecule has 7 heteroatoms. The van der Waals surface area contributed by atoms with Gasteiger partial charge in [0.25, 0.3) is 0 Å². The van der Waals surface area contributed by atoms with Crippen LogP contribution in [0.2, 0.25) is 0 Å². The summed E-state index contributed by atoms with van der Waals surface area (Å²) >= 11 is 0. The normalized spacial score (nSPS) is 17.7. The zero-order chi connectivity index (χ0) is 27.1. The molecule has 4 rings (SSSR count). The summed E-state index contributed by atoms with van der Waals surface area (Å²) in [7, 11) is 0. The van der Waals surface area contributed by atoms with Crippen molar-refractivity contribution >= 4 is 0 Å². The first-order valence-corrected chi connectivity index (χ1v) is 13.0. The van der Waals surface area contributed by atoms with E-state index in [4.69, 9.17) is 14.2 Å². The summed E-state index contributed by atoms with van der Waals surface area (Å²) in [5.74, 6) is -4.06. The molecule has 0 aromatic heterocycles. The molecule has 0 aliphatic carbocycles. The number of halogens is 4. The first kappa shape index (κ1) is 27.9. The molecular formula is C31H32F4O3. The minimum absolute atomic E-state index is 0.00793. The third-order valence-electron chi connectivity index (χ3n) is 6.62. The fraction of sp³-hybridized carbons (Fsp3) is 0.355. The number of allylic oxidation sites excluding steroid dienone is 2. The molecule has 0 spiro atoms. The Labute approximate surface area is 221 Å². The summed E-state index contributed by atoms with van der Waals surface area (Å²) in [6.45, 7) is 5.07. The molecule has 0 radical (unpaired) electrons. The van der Waals surface area contributed by atoms with Crippen LogP contribution in [0.25, 0.3) is 22.3 Å². The summed E-state index contributed by atoms with van der Waals surface area (Å²) in [5, 5.41) is 0. The van der Waals surface area contributed by atoms with Crippen molar-refractivity contribution in [2.75, 3.05) is 19.8 Å². The lowest BCUT2D eigenvalue weighted by atomic mass is 9.98. The van der Waals surface area contributed by atoms with Crippen LogP contribution in [0, 0.1) is 29.2 Å². The van der Waals surface area contributed by atoms with Gasteiger partial charge in [0.15, 0.2) is 29.5 Å². The van der Waals surface area contributed by atoms with Crippen molar-refractivity contribution in [2.45, 2.75) is 45.8 Å². The van der Waals surface area contributed by atoms with Crippen molar-refractivity contribution in [1.29, 1.82) is 0 Å². The van der Waals surface area contributed by atoms with Gasteiger partial charge in [0.2, 0.25) is 5.82 Å². The number of unbranched alkanes of at least 4 members (excludes halogenated alkanes) is 1. The van der Waals surface area contributed by atoms with Crippen LogP contribution in [0.15, 0.2) is 60.7 Å². The third-order valence-corrected chi connectivity index (χ3v) is 6.62. The van der Waals surface area contributed by atoms with Crippen LogP contribution in [0.3, 0.4) is 0 Å². The van der Waals surface area contributed by atoms with E-state index in [2.05, 4.69) is 6.08 Å². The predicted octanol–water partition coefficient (Wildman–Crippen LogP) is 8.77. The van der Waals surface area contributed by atoms with Gasteiger partial charge in [-0.25, -0.2) is 13.2 Å². The molecule has 1 heterocycles. The van der Waals surface area contributed by atoms with Crippen LogP contribution in [0.1, 0.15) is 51.4 Å². The predicted molar refractivity (Wildman–Crippen MR) is 140 cm³/mol. The van der Waals surface area contributed by atoms with Crippen molar-refractivity contribution < 1.29 is 31.8 Å². The maximum absolute atomic E-state index is 15.1. The van der Waals surface area contributed by atoms with Gasteiger partial charge in [-0.3, -0.25) is 0 Å². The maximum atomic E-state index is 15.1. The summed E-state index contributed by atoms with van der Waals surface area (Å²) in [4.78, 5) is 0. The summed E-state index contributed by atoms with van der Waals surface area (Å²) in [6.07, 6.45) is 6.52. The van der Waals surface area contributed by atoms with Gasteiger partial charge in [-0.15, -0.1) is 0 Å². The minimum Gasteiger partial charge on any atom is -0.490 e. The SMILES string of the molecule is CC=CCCC1COC(c2ccc(-c3ccc(-c4ccc(OCCCC)c(F)c4F)cc3)c(F)c2F)OC1. The van der Waals surface area contributed by atoms with Crippen LogP contribution in [-0.2, 0) is 9.47 Å². The Balaban J connectivity index is 1.48. The highest BCUT2D eigenvalue weighted by Crippen LogP contribution is 2.35. The highest BCUT2D eigenvalue weighted by Gasteiger charge is 2.28. The highest BCUT2D eigenvalue weighted by atomic mass is 19.2. The van der Waals surface area contributed by atoms with E-state index in [1.165, 1.54) is 36.4 Å². The van der Waals surface area contributed by atoms with Crippen molar-refractivity contribution in [3.8, 4) is 28.0 Å². The Morgan fingerprint density at radius 3 is 2.03 bits per heavy atom. The van der Waals surface area contributed by atoms with Gasteiger partial charge in [0, 0.05) is 22.6 Å². The van der Waals surface area contributed by atoms with Crippen molar-refractivity contribution in [3.63, 3.8) is 0 Å². The van der Waals surface area contributed by atoms with E-state index in [1.807, 2.05) is 19.9 Å². The van der Waals surface area contributed by atoms with Gasteiger partial charge in [0.05, 0.1) is 19.8 Å². The van der Waals surface area contributed by atoms with Crippen molar-refractivity contribution in [1.82, 2.24) is 0 Å². The fourth-order valence-electron chi connectivity index (χ4n) is 4.38. The second-order valence-corrected chi connectivity index (χ2v) is 9.36. The molecular weight excluding hydrogens is 496 g/mol. The van der Waals surface area contributed by atoms with Crippen LogP contribution in [-0.4, -0.2) is 19.8 Å². The average Bonchev–Trinajstić information content (AvgIpc) is 2.94. The Kier molecular flexibility index (Phi) is 9.58. The molecule has 0 atom stereocenters. The summed E-state index contributed by atoms with van der Waals surface area (Å²) in [5.41, 5.74) is 0.898. The zero-order valence-corrected chi connectivity index (χ0v) is 21.6. The lowest BCUT2D eigenvalue weighted by molar-refractivity contribution is -0.207. The van der Waals surface area contributed by atoms with Crippen LogP contribution >= 0.6 is 0 Å². The van der Waals surface area contributed by atoms with Gasteiger partial charge < -0.3 is 14.2 Å². The lowest BCUT2D eigenvalue weighted by Crippen LogP contribution is -2.27. The quantitative estimate of drug-likeness (QED) is 0.150. The minimum atomic E-state index is -1.05. The molecule has 3 nitrogen and oxygen atoms in total. The van der Waals surface area contributed by atoms with Crippen LogP contribution < -0.4 is 4.74 Å². The van der Waals surface area contributed by atoms with Crippen LogP contribution in [0.5, 0.6) is 5.75 Å². The molecule has 0 amide bonds. The lowest BCUT2D eigenvalue weighted by Gasteiger charge is -2.29. The number of rotatable bonds is 10. The largest absolute Gasteiger partial charge is 0.490 e. The zero-order valence-electron chi connectivity index (χ0n) is 21.6. The Morgan fingerprint density at radius 2 is 1.42 bits per heavy atom. The van der Waals surface area contributed by atoms with Gasteiger partial charge >= 0.3 is 0 Å². The van der Waals surface area contributed by atoms with Gasteiger partial charge in [-0.05, 0) is 49.4 Å². The monoisotopic (exact) mass is 528 g/mol. The molecule has 1 fully saturated rings.